The van der Waals surface area contributed by atoms with Crippen molar-refractivity contribution in [2.75, 3.05) is 42.6 Å². The second kappa shape index (κ2) is 12.3. The predicted octanol–water partition coefficient (Wildman–Crippen LogP) is 5.84. The minimum Gasteiger partial charge on any atom is -0.396 e. The van der Waals surface area contributed by atoms with Gasteiger partial charge in [-0.2, -0.15) is 26.3 Å². The quantitative estimate of drug-likeness (QED) is 0.401. The minimum absolute atomic E-state index is 0.00864. The molecule has 2 aromatic rings. The second-order valence-corrected chi connectivity index (χ2v) is 10.8. The number of halogens is 6. The lowest BCUT2D eigenvalue weighted by molar-refractivity contribution is -0.145. The van der Waals surface area contributed by atoms with Crippen molar-refractivity contribution in [2.24, 2.45) is 11.8 Å². The molecular formula is C28H34F6N4O2. The molecule has 220 valence electrons. The van der Waals surface area contributed by atoms with Crippen LogP contribution in [0.3, 0.4) is 0 Å². The van der Waals surface area contributed by atoms with E-state index in [1.165, 1.54) is 6.07 Å². The number of anilines is 2. The third-order valence-electron chi connectivity index (χ3n) is 7.89. The first-order valence-electron chi connectivity index (χ1n) is 13.6. The number of carbonyl (C=O) groups excluding carboxylic acids is 1. The molecule has 3 heterocycles. The van der Waals surface area contributed by atoms with Crippen molar-refractivity contribution in [2.45, 2.75) is 64.2 Å². The second-order valence-electron chi connectivity index (χ2n) is 10.8. The zero-order chi connectivity index (χ0) is 29.1. The largest absolute Gasteiger partial charge is 0.451 e. The van der Waals surface area contributed by atoms with Gasteiger partial charge in [-0.1, -0.05) is 6.07 Å². The van der Waals surface area contributed by atoms with Gasteiger partial charge >= 0.3 is 12.4 Å². The zero-order valence-corrected chi connectivity index (χ0v) is 22.4. The Hall–Kier alpha value is -2.89. The Balaban J connectivity index is 1.41. The highest BCUT2D eigenvalue weighted by Crippen LogP contribution is 2.34. The maximum absolute atomic E-state index is 13.7. The van der Waals surface area contributed by atoms with Gasteiger partial charge in [0, 0.05) is 51.2 Å². The molecule has 0 spiro atoms. The molecular weight excluding hydrogens is 538 g/mol. The summed E-state index contributed by atoms with van der Waals surface area (Å²) in [5.74, 6) is -1.14. The number of nitrogens with zero attached hydrogens (tertiary/aromatic N) is 4. The molecule has 12 heteroatoms. The van der Waals surface area contributed by atoms with Crippen LogP contribution in [0.1, 0.15) is 61.0 Å². The number of rotatable bonds is 8. The number of aliphatic hydroxyl groups is 1. The van der Waals surface area contributed by atoms with Crippen molar-refractivity contribution in [3.05, 3.63) is 46.8 Å². The first kappa shape index (κ1) is 30.1. The molecule has 2 fully saturated rings. The molecule has 2 aliphatic heterocycles. The Morgan fingerprint density at radius 1 is 0.950 bits per heavy atom. The van der Waals surface area contributed by atoms with Crippen molar-refractivity contribution in [1.82, 2.24) is 9.97 Å². The van der Waals surface area contributed by atoms with Crippen LogP contribution in [0.5, 0.6) is 0 Å². The summed E-state index contributed by atoms with van der Waals surface area (Å²) in [7, 11) is 0. The summed E-state index contributed by atoms with van der Waals surface area (Å²) in [4.78, 5) is 24.1. The number of alkyl halides is 6. The van der Waals surface area contributed by atoms with E-state index in [0.29, 0.717) is 63.7 Å². The summed E-state index contributed by atoms with van der Waals surface area (Å²) >= 11 is 0. The van der Waals surface area contributed by atoms with Gasteiger partial charge in [-0.15, -0.1) is 0 Å². The number of carbonyl (C=O) groups is 1. The molecule has 0 radical (unpaired) electrons. The molecule has 40 heavy (non-hydrogen) atoms. The molecule has 1 N–H and O–H groups in total. The summed E-state index contributed by atoms with van der Waals surface area (Å²) in [5.41, 5.74) is 0.567. The number of aryl methyl sites for hydroxylation is 2. The standard InChI is InChI=1S/C28H34F6N4O2/c1-18-14-22(27(29,30)31)8-7-20(18)4-2-6-23(40)21-5-3-11-38(16-21)25-15-24(35-26(36-25)28(32,33)34)37-12-9-19(17-39)10-13-37/h7-8,14-15,19,21,39H,2-6,9-13,16-17H2,1H3/t21-/m1/s1. The third-order valence-corrected chi connectivity index (χ3v) is 7.89. The molecule has 0 amide bonds. The number of piperidine rings is 2. The molecule has 2 aliphatic rings. The number of benzene rings is 1. The summed E-state index contributed by atoms with van der Waals surface area (Å²) in [6, 6.07) is 5.15. The average molecular weight is 573 g/mol. The van der Waals surface area contributed by atoms with E-state index in [1.54, 1.807) is 22.8 Å². The maximum atomic E-state index is 13.7. The number of ketones is 1. The zero-order valence-electron chi connectivity index (χ0n) is 22.4. The minimum atomic E-state index is -4.73. The Labute approximate surface area is 229 Å². The van der Waals surface area contributed by atoms with E-state index in [-0.39, 0.29) is 48.8 Å². The van der Waals surface area contributed by atoms with Crippen molar-refractivity contribution >= 4 is 17.4 Å². The Morgan fingerprint density at radius 3 is 2.23 bits per heavy atom. The molecule has 4 rings (SSSR count). The van der Waals surface area contributed by atoms with Crippen LogP contribution in [0.2, 0.25) is 0 Å². The fourth-order valence-corrected chi connectivity index (χ4v) is 5.48. The van der Waals surface area contributed by atoms with Gasteiger partial charge in [-0.25, -0.2) is 9.97 Å². The first-order valence-corrected chi connectivity index (χ1v) is 13.6. The summed E-state index contributed by atoms with van der Waals surface area (Å²) < 4.78 is 79.8. The van der Waals surface area contributed by atoms with Crippen LogP contribution in [0.25, 0.3) is 0 Å². The highest BCUT2D eigenvalue weighted by molar-refractivity contribution is 5.81. The van der Waals surface area contributed by atoms with Crippen LogP contribution in [0, 0.1) is 18.8 Å². The van der Waals surface area contributed by atoms with Crippen LogP contribution < -0.4 is 9.80 Å². The molecule has 0 saturated carbocycles. The van der Waals surface area contributed by atoms with Crippen LogP contribution in [0.4, 0.5) is 38.0 Å². The fourth-order valence-electron chi connectivity index (χ4n) is 5.48. The Kier molecular flexibility index (Phi) is 9.26. The predicted molar refractivity (Wildman–Crippen MR) is 138 cm³/mol. The van der Waals surface area contributed by atoms with Gasteiger partial charge in [0.2, 0.25) is 5.82 Å². The Bertz CT molecular complexity index is 1180. The number of aromatic nitrogens is 2. The van der Waals surface area contributed by atoms with E-state index in [9.17, 15) is 36.2 Å². The summed E-state index contributed by atoms with van der Waals surface area (Å²) in [6.45, 7) is 3.35. The topological polar surface area (TPSA) is 69.6 Å². The van der Waals surface area contributed by atoms with Gasteiger partial charge in [0.25, 0.3) is 0 Å². The Morgan fingerprint density at radius 2 is 1.62 bits per heavy atom. The lowest BCUT2D eigenvalue weighted by Crippen LogP contribution is -2.40. The van der Waals surface area contributed by atoms with Crippen molar-refractivity contribution in [1.29, 1.82) is 0 Å². The van der Waals surface area contributed by atoms with E-state index < -0.39 is 23.7 Å². The van der Waals surface area contributed by atoms with Gasteiger partial charge in [0.1, 0.15) is 17.4 Å². The third kappa shape index (κ3) is 7.44. The SMILES string of the molecule is Cc1cc(C(F)(F)F)ccc1CCCC(=O)[C@@H]1CCCN(c2cc(N3CCC(CO)CC3)nc(C(F)(F)F)n2)C1. The lowest BCUT2D eigenvalue weighted by atomic mass is 9.90. The molecule has 0 bridgehead atoms. The number of hydrogen-bond acceptors (Lipinski definition) is 6. The molecule has 0 unspecified atom stereocenters. The highest BCUT2D eigenvalue weighted by Gasteiger charge is 2.37. The van der Waals surface area contributed by atoms with E-state index in [0.717, 1.165) is 17.7 Å². The number of aliphatic hydroxyl groups excluding tert-OH is 1. The molecule has 2 saturated heterocycles. The van der Waals surface area contributed by atoms with E-state index in [4.69, 9.17) is 0 Å². The maximum Gasteiger partial charge on any atom is 0.451 e. The molecule has 1 aromatic carbocycles. The molecule has 1 aromatic heterocycles. The fraction of sp³-hybridized carbons (Fsp3) is 0.607. The molecule has 1 atom stereocenters. The molecule has 0 aliphatic carbocycles. The first-order chi connectivity index (χ1) is 18.8. The van der Waals surface area contributed by atoms with Gasteiger partial charge in [-0.05, 0) is 74.6 Å². The monoisotopic (exact) mass is 572 g/mol. The van der Waals surface area contributed by atoms with Crippen molar-refractivity contribution in [3.63, 3.8) is 0 Å². The van der Waals surface area contributed by atoms with E-state index in [1.807, 2.05) is 0 Å². The highest BCUT2D eigenvalue weighted by atomic mass is 19.4. The van der Waals surface area contributed by atoms with Crippen molar-refractivity contribution in [3.8, 4) is 0 Å². The molecule has 6 nitrogen and oxygen atoms in total. The van der Waals surface area contributed by atoms with Crippen LogP contribution in [-0.4, -0.2) is 53.6 Å². The number of hydrogen-bond donors (Lipinski definition) is 1. The van der Waals surface area contributed by atoms with E-state index >= 15 is 0 Å². The van der Waals surface area contributed by atoms with E-state index in [2.05, 4.69) is 9.97 Å². The van der Waals surface area contributed by atoms with Crippen LogP contribution in [0.15, 0.2) is 24.3 Å². The van der Waals surface area contributed by atoms with Gasteiger partial charge < -0.3 is 14.9 Å². The summed E-state index contributed by atoms with van der Waals surface area (Å²) in [5, 5.41) is 9.38. The van der Waals surface area contributed by atoms with Gasteiger partial charge in [-0.3, -0.25) is 4.79 Å². The van der Waals surface area contributed by atoms with Crippen LogP contribution >= 0.6 is 0 Å². The van der Waals surface area contributed by atoms with Gasteiger partial charge in [0.15, 0.2) is 0 Å². The number of Topliss-reactive ketones (excluding diaryl/α,β-unsaturated/α-hetero) is 1. The smallest absolute Gasteiger partial charge is 0.396 e. The summed E-state index contributed by atoms with van der Waals surface area (Å²) in [6.07, 6.45) is -5.41. The van der Waals surface area contributed by atoms with Gasteiger partial charge in [0.05, 0.1) is 5.56 Å². The van der Waals surface area contributed by atoms with Crippen LogP contribution in [-0.2, 0) is 23.6 Å². The van der Waals surface area contributed by atoms with Crippen molar-refractivity contribution < 1.29 is 36.2 Å². The average Bonchev–Trinajstić information content (AvgIpc) is 2.92. The normalized spacial score (nSPS) is 19.2. The lowest BCUT2D eigenvalue weighted by Gasteiger charge is -2.35.